The second kappa shape index (κ2) is 5.78. The molecule has 0 fully saturated rings. The predicted molar refractivity (Wildman–Crippen MR) is 61.5 cm³/mol. The van der Waals surface area contributed by atoms with Crippen molar-refractivity contribution < 1.29 is 23.5 Å². The molecule has 1 rings (SSSR count). The van der Waals surface area contributed by atoms with Crippen LogP contribution in [0.25, 0.3) is 0 Å². The van der Waals surface area contributed by atoms with Crippen LogP contribution in [0.5, 0.6) is 0 Å². The number of benzene rings is 1. The zero-order chi connectivity index (χ0) is 13.8. The number of hydrogen-bond donors (Lipinski definition) is 3. The molecule has 100 valence electrons. The molecule has 0 unspecified atom stereocenters. The Labute approximate surface area is 103 Å². The van der Waals surface area contributed by atoms with Crippen molar-refractivity contribution in [1.82, 2.24) is 4.72 Å². The lowest BCUT2D eigenvalue weighted by atomic mass is 10.3. The normalized spacial score (nSPS) is 11.2. The molecule has 0 radical (unpaired) electrons. The third-order valence-electron chi connectivity index (χ3n) is 2.00. The SMILES string of the molecule is O=C(O)CCNS(=O)(=O)c1ccc(N([O-])O)cc1. The van der Waals surface area contributed by atoms with E-state index < -0.39 is 21.2 Å². The first-order valence-electron chi connectivity index (χ1n) is 4.80. The zero-order valence-electron chi connectivity index (χ0n) is 9.11. The smallest absolute Gasteiger partial charge is 0.304 e. The fourth-order valence-corrected chi connectivity index (χ4v) is 2.16. The molecule has 0 spiro atoms. The lowest BCUT2D eigenvalue weighted by Gasteiger charge is -2.21. The molecule has 0 aliphatic rings. The van der Waals surface area contributed by atoms with E-state index in [1.165, 1.54) is 0 Å². The number of aliphatic carboxylic acids is 1. The maximum absolute atomic E-state index is 11.6. The fraction of sp³-hybridized carbons (Fsp3) is 0.222. The van der Waals surface area contributed by atoms with Crippen LogP contribution in [-0.2, 0) is 14.8 Å². The van der Waals surface area contributed by atoms with Gasteiger partial charge in [0.15, 0.2) is 0 Å². The van der Waals surface area contributed by atoms with Crippen molar-refractivity contribution >= 4 is 21.7 Å². The van der Waals surface area contributed by atoms with E-state index in [9.17, 15) is 18.4 Å². The zero-order valence-corrected chi connectivity index (χ0v) is 9.92. The number of carboxylic acids is 1. The van der Waals surface area contributed by atoms with Crippen LogP contribution in [0.1, 0.15) is 6.42 Å². The third kappa shape index (κ3) is 3.96. The first-order chi connectivity index (χ1) is 8.33. The van der Waals surface area contributed by atoms with Gasteiger partial charge in [0.05, 0.1) is 17.0 Å². The molecule has 8 nitrogen and oxygen atoms in total. The average molecular weight is 275 g/mol. The van der Waals surface area contributed by atoms with E-state index in [0.29, 0.717) is 0 Å². The monoisotopic (exact) mass is 275 g/mol. The Hall–Kier alpha value is -1.68. The van der Waals surface area contributed by atoms with Gasteiger partial charge in [-0.05, 0) is 24.3 Å². The number of nitrogens with one attached hydrogen (secondary N) is 1. The molecule has 1 aromatic carbocycles. The topological polar surface area (TPSA) is 130 Å². The molecule has 0 aromatic heterocycles. The minimum absolute atomic E-state index is 0.112. The van der Waals surface area contributed by atoms with E-state index in [-0.39, 0.29) is 23.5 Å². The standard InChI is InChI=1S/C9H11N2O6S/c12-9(13)5-6-10-18(16,17)8-3-1-7(2-4-8)11(14)15/h1-4,10,14H,5-6H2,(H,12,13)/q-1. The number of carboxylic acid groups (broad SMARTS) is 1. The molecular formula is C9H11N2O6S-. The Balaban J connectivity index is 2.76. The second-order valence-corrected chi connectivity index (χ2v) is 5.08. The first-order valence-corrected chi connectivity index (χ1v) is 6.29. The van der Waals surface area contributed by atoms with Crippen LogP contribution in [0, 0.1) is 5.21 Å². The van der Waals surface area contributed by atoms with Gasteiger partial charge in [-0.2, -0.15) is 0 Å². The Kier molecular flexibility index (Phi) is 4.62. The van der Waals surface area contributed by atoms with Gasteiger partial charge in [0.2, 0.25) is 10.0 Å². The molecule has 18 heavy (non-hydrogen) atoms. The second-order valence-electron chi connectivity index (χ2n) is 3.31. The van der Waals surface area contributed by atoms with Gasteiger partial charge >= 0.3 is 5.97 Å². The Morgan fingerprint density at radius 3 is 2.33 bits per heavy atom. The van der Waals surface area contributed by atoms with Gasteiger partial charge < -0.3 is 15.5 Å². The van der Waals surface area contributed by atoms with Crippen molar-refractivity contribution in [3.63, 3.8) is 0 Å². The molecule has 0 atom stereocenters. The number of rotatable bonds is 6. The van der Waals surface area contributed by atoms with Gasteiger partial charge in [0.1, 0.15) is 0 Å². The van der Waals surface area contributed by atoms with Crippen LogP contribution < -0.4 is 9.95 Å². The van der Waals surface area contributed by atoms with Gasteiger partial charge in [-0.3, -0.25) is 10.0 Å². The van der Waals surface area contributed by atoms with Crippen molar-refractivity contribution in [2.45, 2.75) is 11.3 Å². The van der Waals surface area contributed by atoms with Crippen molar-refractivity contribution in [3.8, 4) is 0 Å². The summed E-state index contributed by atoms with van der Waals surface area (Å²) in [6.07, 6.45) is -0.331. The highest BCUT2D eigenvalue weighted by Crippen LogP contribution is 2.15. The summed E-state index contributed by atoms with van der Waals surface area (Å²) in [5.41, 5.74) is -0.112. The summed E-state index contributed by atoms with van der Waals surface area (Å²) >= 11 is 0. The van der Waals surface area contributed by atoms with Crippen LogP contribution in [-0.4, -0.2) is 31.2 Å². The highest BCUT2D eigenvalue weighted by Gasteiger charge is 2.13. The molecule has 0 bridgehead atoms. The highest BCUT2D eigenvalue weighted by atomic mass is 32.2. The summed E-state index contributed by atoms with van der Waals surface area (Å²) in [5, 5.41) is 27.0. The summed E-state index contributed by atoms with van der Waals surface area (Å²) in [7, 11) is -3.81. The maximum atomic E-state index is 11.6. The molecule has 0 saturated carbocycles. The summed E-state index contributed by atoms with van der Waals surface area (Å²) < 4.78 is 25.4. The molecule has 0 aliphatic carbocycles. The quantitative estimate of drug-likeness (QED) is 0.629. The predicted octanol–water partition coefficient (Wildman–Crippen LogP) is 0.133. The minimum atomic E-state index is -3.81. The van der Waals surface area contributed by atoms with E-state index in [1.807, 2.05) is 0 Å². The summed E-state index contributed by atoms with van der Waals surface area (Å²) in [4.78, 5) is 10.1. The molecule has 9 heteroatoms. The summed E-state index contributed by atoms with van der Waals surface area (Å²) in [6.45, 7) is -0.229. The maximum Gasteiger partial charge on any atom is 0.304 e. The lowest BCUT2D eigenvalue weighted by Crippen LogP contribution is -2.26. The molecule has 0 heterocycles. The summed E-state index contributed by atoms with van der Waals surface area (Å²) in [6, 6.07) is 4.50. The molecular weight excluding hydrogens is 264 g/mol. The molecule has 0 amide bonds. The van der Waals surface area contributed by atoms with Gasteiger partial charge in [0.25, 0.3) is 0 Å². The van der Waals surface area contributed by atoms with Crippen LogP contribution >= 0.6 is 0 Å². The molecule has 3 N–H and O–H groups in total. The Morgan fingerprint density at radius 1 is 1.33 bits per heavy atom. The first kappa shape index (κ1) is 14.4. The largest absolute Gasteiger partial charge is 0.733 e. The Bertz CT molecular complexity index is 510. The van der Waals surface area contributed by atoms with Gasteiger partial charge in [-0.1, -0.05) is 0 Å². The Morgan fingerprint density at radius 2 is 1.89 bits per heavy atom. The van der Waals surface area contributed by atoms with Crippen LogP contribution in [0.3, 0.4) is 0 Å². The van der Waals surface area contributed by atoms with E-state index >= 15 is 0 Å². The van der Waals surface area contributed by atoms with E-state index in [4.69, 9.17) is 10.3 Å². The van der Waals surface area contributed by atoms with Crippen LogP contribution in [0.4, 0.5) is 5.69 Å². The number of carbonyl (C=O) groups is 1. The van der Waals surface area contributed by atoms with E-state index in [1.54, 1.807) is 0 Å². The van der Waals surface area contributed by atoms with Crippen molar-refractivity contribution in [2.24, 2.45) is 0 Å². The number of sulfonamides is 1. The summed E-state index contributed by atoms with van der Waals surface area (Å²) in [5.74, 6) is -1.12. The van der Waals surface area contributed by atoms with Gasteiger partial charge in [0, 0.05) is 6.54 Å². The molecule has 1 aromatic rings. The fourth-order valence-electron chi connectivity index (χ4n) is 1.13. The third-order valence-corrected chi connectivity index (χ3v) is 3.48. The lowest BCUT2D eigenvalue weighted by molar-refractivity contribution is -0.136. The number of hydrogen-bond acceptors (Lipinski definition) is 6. The van der Waals surface area contributed by atoms with E-state index in [2.05, 4.69) is 4.72 Å². The molecule has 0 aliphatic heterocycles. The number of nitrogens with zero attached hydrogens (tertiary/aromatic N) is 1. The highest BCUT2D eigenvalue weighted by molar-refractivity contribution is 7.89. The van der Waals surface area contributed by atoms with Crippen LogP contribution in [0.2, 0.25) is 0 Å². The van der Waals surface area contributed by atoms with Crippen molar-refractivity contribution in [3.05, 3.63) is 29.5 Å². The number of anilines is 1. The van der Waals surface area contributed by atoms with Crippen molar-refractivity contribution in [2.75, 3.05) is 11.8 Å². The van der Waals surface area contributed by atoms with E-state index in [0.717, 1.165) is 24.3 Å². The van der Waals surface area contributed by atoms with Crippen LogP contribution in [0.15, 0.2) is 29.2 Å². The van der Waals surface area contributed by atoms with Gasteiger partial charge in [-0.25, -0.2) is 13.1 Å². The van der Waals surface area contributed by atoms with Crippen molar-refractivity contribution in [1.29, 1.82) is 0 Å². The minimum Gasteiger partial charge on any atom is -0.733 e. The average Bonchev–Trinajstić information content (AvgIpc) is 2.28. The van der Waals surface area contributed by atoms with Gasteiger partial charge in [-0.15, -0.1) is 0 Å². The molecule has 0 saturated heterocycles.